The van der Waals surface area contributed by atoms with Gasteiger partial charge in [-0.2, -0.15) is 0 Å². The molecule has 0 N–H and O–H groups in total. The quantitative estimate of drug-likeness (QED) is 0.770. The third-order valence-electron chi connectivity index (χ3n) is 3.98. The van der Waals surface area contributed by atoms with Crippen LogP contribution in [0.1, 0.15) is 46.6 Å². The molecule has 4 nitrogen and oxygen atoms in total. The van der Waals surface area contributed by atoms with E-state index in [0.717, 1.165) is 12.8 Å². The minimum atomic E-state index is -0.0452. The average Bonchev–Trinajstić information content (AvgIpc) is 3.13. The second-order valence-electron chi connectivity index (χ2n) is 4.83. The zero-order chi connectivity index (χ0) is 12.1. The van der Waals surface area contributed by atoms with E-state index in [1.807, 2.05) is 17.0 Å². The van der Waals surface area contributed by atoms with Crippen LogP contribution in [0.15, 0.2) is 41.1 Å². The van der Waals surface area contributed by atoms with Crippen molar-refractivity contribution >= 4 is 5.91 Å². The highest BCUT2D eigenvalue weighted by Gasteiger charge is 2.46. The van der Waals surface area contributed by atoms with Crippen molar-refractivity contribution in [3.05, 3.63) is 53.4 Å². The minimum absolute atomic E-state index is 0.0452. The van der Waals surface area contributed by atoms with E-state index in [9.17, 15) is 4.79 Å². The zero-order valence-corrected chi connectivity index (χ0v) is 9.74. The first-order valence-corrected chi connectivity index (χ1v) is 6.18. The maximum atomic E-state index is 12.4. The topological polar surface area (TPSA) is 46.3 Å². The first kappa shape index (κ1) is 9.88. The van der Waals surface area contributed by atoms with Crippen LogP contribution in [-0.4, -0.2) is 16.0 Å². The van der Waals surface area contributed by atoms with Gasteiger partial charge in [0.2, 0.25) is 5.76 Å². The van der Waals surface area contributed by atoms with Crippen molar-refractivity contribution in [2.45, 2.75) is 24.9 Å². The van der Waals surface area contributed by atoms with Crippen molar-refractivity contribution in [2.24, 2.45) is 0 Å². The van der Waals surface area contributed by atoms with Gasteiger partial charge >= 0.3 is 0 Å². The van der Waals surface area contributed by atoms with Crippen LogP contribution in [0.4, 0.5) is 0 Å². The summed E-state index contributed by atoms with van der Waals surface area (Å²) in [7, 11) is 0. The number of amides is 1. The summed E-state index contributed by atoms with van der Waals surface area (Å²) in [5.41, 5.74) is 2.59. The molecule has 1 amide bonds. The lowest BCUT2D eigenvalue weighted by molar-refractivity contribution is 0.0654. The smallest absolute Gasteiger partial charge is 0.293 e. The van der Waals surface area contributed by atoms with Crippen molar-refractivity contribution in [1.29, 1.82) is 0 Å². The Labute approximate surface area is 104 Å². The summed E-state index contributed by atoms with van der Waals surface area (Å²) in [5, 5.41) is 3.61. The average molecular weight is 240 g/mol. The highest BCUT2D eigenvalue weighted by molar-refractivity contribution is 5.92. The van der Waals surface area contributed by atoms with Crippen LogP contribution in [0, 0.1) is 0 Å². The molecule has 4 heteroatoms. The lowest BCUT2D eigenvalue weighted by Gasteiger charge is -2.20. The molecule has 2 aliphatic rings. The molecule has 0 spiro atoms. The summed E-state index contributed by atoms with van der Waals surface area (Å²) in [6.45, 7) is 0. The second-order valence-corrected chi connectivity index (χ2v) is 4.83. The zero-order valence-electron chi connectivity index (χ0n) is 9.74. The van der Waals surface area contributed by atoms with E-state index in [0.29, 0.717) is 5.76 Å². The van der Waals surface area contributed by atoms with Gasteiger partial charge in [0.05, 0.1) is 18.3 Å². The third kappa shape index (κ3) is 1.15. The van der Waals surface area contributed by atoms with E-state index in [-0.39, 0.29) is 18.0 Å². The van der Waals surface area contributed by atoms with Crippen LogP contribution in [-0.2, 0) is 0 Å². The van der Waals surface area contributed by atoms with Crippen LogP contribution < -0.4 is 0 Å². The van der Waals surface area contributed by atoms with Crippen molar-refractivity contribution < 1.29 is 9.32 Å². The Balaban J connectivity index is 1.76. The predicted octanol–water partition coefficient (Wildman–Crippen LogP) is 2.71. The van der Waals surface area contributed by atoms with E-state index >= 15 is 0 Å². The molecule has 0 saturated carbocycles. The molecule has 0 aliphatic carbocycles. The van der Waals surface area contributed by atoms with E-state index < -0.39 is 0 Å². The number of carbonyl (C=O) groups is 1. The van der Waals surface area contributed by atoms with Crippen LogP contribution in [0.25, 0.3) is 0 Å². The van der Waals surface area contributed by atoms with Crippen LogP contribution in [0.3, 0.4) is 0 Å². The first-order valence-electron chi connectivity index (χ1n) is 6.18. The van der Waals surface area contributed by atoms with Crippen LogP contribution in [0.5, 0.6) is 0 Å². The van der Waals surface area contributed by atoms with E-state index in [2.05, 4.69) is 17.3 Å². The van der Waals surface area contributed by atoms with E-state index in [1.165, 1.54) is 17.3 Å². The lowest BCUT2D eigenvalue weighted by atomic mass is 9.92. The summed E-state index contributed by atoms with van der Waals surface area (Å²) in [6.07, 6.45) is 3.60. The standard InChI is InChI=1S/C14H12N2O2/c17-14(13-7-8-15-18-13)16-11-5-6-12(16)10-4-2-1-3-9(10)11/h1-4,7-8,11-12H,5-6H2. The fourth-order valence-corrected chi connectivity index (χ4v) is 3.28. The lowest BCUT2D eigenvalue weighted by Crippen LogP contribution is -2.27. The highest BCUT2D eigenvalue weighted by Crippen LogP contribution is 2.53. The van der Waals surface area contributed by atoms with Gasteiger partial charge in [-0.25, -0.2) is 0 Å². The molecular weight excluding hydrogens is 228 g/mol. The van der Waals surface area contributed by atoms with E-state index in [1.54, 1.807) is 6.07 Å². The van der Waals surface area contributed by atoms with Crippen molar-refractivity contribution in [3.63, 3.8) is 0 Å². The van der Waals surface area contributed by atoms with Gasteiger partial charge in [0, 0.05) is 6.07 Å². The molecule has 2 aromatic rings. The Bertz CT molecular complexity index is 575. The van der Waals surface area contributed by atoms with Crippen LogP contribution in [0.2, 0.25) is 0 Å². The van der Waals surface area contributed by atoms with Gasteiger partial charge in [-0.05, 0) is 24.0 Å². The highest BCUT2D eigenvalue weighted by atomic mass is 16.5. The van der Waals surface area contributed by atoms with Gasteiger partial charge in [-0.1, -0.05) is 29.4 Å². The van der Waals surface area contributed by atoms with Gasteiger partial charge in [-0.15, -0.1) is 0 Å². The predicted molar refractivity (Wildman–Crippen MR) is 63.8 cm³/mol. The minimum Gasteiger partial charge on any atom is -0.351 e. The van der Waals surface area contributed by atoms with E-state index in [4.69, 9.17) is 4.52 Å². The van der Waals surface area contributed by atoms with Crippen molar-refractivity contribution in [2.75, 3.05) is 0 Å². The number of nitrogens with zero attached hydrogens (tertiary/aromatic N) is 2. The maximum Gasteiger partial charge on any atom is 0.293 e. The molecule has 2 bridgehead atoms. The number of fused-ring (bicyclic) bond motifs is 5. The Kier molecular flexibility index (Phi) is 1.89. The summed E-state index contributed by atoms with van der Waals surface area (Å²) in [4.78, 5) is 14.4. The maximum absolute atomic E-state index is 12.4. The fraction of sp³-hybridized carbons (Fsp3) is 0.286. The monoisotopic (exact) mass is 240 g/mol. The van der Waals surface area contributed by atoms with Crippen molar-refractivity contribution in [3.8, 4) is 0 Å². The Hall–Kier alpha value is -2.10. The molecule has 1 saturated heterocycles. The van der Waals surface area contributed by atoms with Gasteiger partial charge in [0.1, 0.15) is 0 Å². The molecule has 3 heterocycles. The molecule has 1 aromatic heterocycles. The van der Waals surface area contributed by atoms with Crippen molar-refractivity contribution in [1.82, 2.24) is 10.1 Å². The molecule has 2 unspecified atom stereocenters. The molecule has 4 rings (SSSR count). The summed E-state index contributed by atoms with van der Waals surface area (Å²) in [5.74, 6) is 0.288. The SMILES string of the molecule is O=C(c1ccno1)N1C2CCC1c1ccccc12. The number of carbonyl (C=O) groups excluding carboxylic acids is 1. The Morgan fingerprint density at radius 3 is 2.39 bits per heavy atom. The fourth-order valence-electron chi connectivity index (χ4n) is 3.28. The molecule has 18 heavy (non-hydrogen) atoms. The summed E-state index contributed by atoms with van der Waals surface area (Å²) < 4.78 is 4.99. The number of hydrogen-bond donors (Lipinski definition) is 0. The number of benzene rings is 1. The normalized spacial score (nSPS) is 24.3. The Morgan fingerprint density at radius 2 is 1.83 bits per heavy atom. The first-order chi connectivity index (χ1) is 8.86. The largest absolute Gasteiger partial charge is 0.351 e. The Morgan fingerprint density at radius 1 is 1.17 bits per heavy atom. The second kappa shape index (κ2) is 3.45. The van der Waals surface area contributed by atoms with Gasteiger partial charge in [0.25, 0.3) is 5.91 Å². The molecule has 1 aromatic carbocycles. The molecule has 2 atom stereocenters. The molecular formula is C14H12N2O2. The number of aromatic nitrogens is 1. The molecule has 0 radical (unpaired) electrons. The van der Waals surface area contributed by atoms with Gasteiger partial charge in [0.15, 0.2) is 0 Å². The number of rotatable bonds is 1. The third-order valence-corrected chi connectivity index (χ3v) is 3.98. The van der Waals surface area contributed by atoms with Gasteiger partial charge in [-0.3, -0.25) is 4.79 Å². The number of hydrogen-bond acceptors (Lipinski definition) is 3. The van der Waals surface area contributed by atoms with Gasteiger partial charge < -0.3 is 9.42 Å². The summed E-state index contributed by atoms with van der Waals surface area (Å²) >= 11 is 0. The van der Waals surface area contributed by atoms with Crippen LogP contribution >= 0.6 is 0 Å². The summed E-state index contributed by atoms with van der Waals surface area (Å²) in [6, 6.07) is 10.4. The molecule has 90 valence electrons. The molecule has 2 aliphatic heterocycles. The molecule has 1 fully saturated rings.